The van der Waals surface area contributed by atoms with Crippen LogP contribution in [-0.4, -0.2) is 56.5 Å². The first-order valence-corrected chi connectivity index (χ1v) is 15.7. The second-order valence-electron chi connectivity index (χ2n) is 11.3. The van der Waals surface area contributed by atoms with Gasteiger partial charge in [-0.05, 0) is 44.6 Å². The van der Waals surface area contributed by atoms with Crippen LogP contribution in [0.5, 0.6) is 17.2 Å². The molecule has 2 aliphatic carbocycles. The van der Waals surface area contributed by atoms with Crippen molar-refractivity contribution in [3.8, 4) is 17.2 Å². The summed E-state index contributed by atoms with van der Waals surface area (Å²) < 4.78 is 52.4. The van der Waals surface area contributed by atoms with Gasteiger partial charge in [-0.1, -0.05) is 5.16 Å². The molecule has 0 radical (unpaired) electrons. The molecule has 226 valence electrons. The maximum atomic E-state index is 13.8. The zero-order valence-electron chi connectivity index (χ0n) is 24.0. The van der Waals surface area contributed by atoms with Crippen LogP contribution in [0.1, 0.15) is 56.6 Å². The highest BCUT2D eigenvalue weighted by atomic mass is 32.2. The van der Waals surface area contributed by atoms with E-state index in [2.05, 4.69) is 25.4 Å². The van der Waals surface area contributed by atoms with Crippen LogP contribution in [0.15, 0.2) is 39.8 Å². The number of nitrogens with zero attached hydrogens (tertiary/aromatic N) is 3. The topological polar surface area (TPSA) is 161 Å². The van der Waals surface area contributed by atoms with Gasteiger partial charge >= 0.3 is 0 Å². The van der Waals surface area contributed by atoms with Crippen molar-refractivity contribution in [2.75, 3.05) is 36.3 Å². The van der Waals surface area contributed by atoms with Gasteiger partial charge in [0, 0.05) is 47.8 Å². The number of aromatic amines is 1. The predicted molar refractivity (Wildman–Crippen MR) is 158 cm³/mol. The summed E-state index contributed by atoms with van der Waals surface area (Å²) in [4.78, 5) is 14.4. The van der Waals surface area contributed by atoms with Crippen molar-refractivity contribution in [1.29, 1.82) is 0 Å². The number of amides is 1. The van der Waals surface area contributed by atoms with Crippen LogP contribution in [0.25, 0.3) is 11.0 Å². The van der Waals surface area contributed by atoms with Gasteiger partial charge in [0.2, 0.25) is 5.91 Å². The molecule has 3 N–H and O–H groups in total. The molecule has 3 fully saturated rings. The van der Waals surface area contributed by atoms with E-state index in [0.717, 1.165) is 44.2 Å². The van der Waals surface area contributed by atoms with Crippen LogP contribution in [0.3, 0.4) is 0 Å². The molecular formula is C29H32N6O7S. The Morgan fingerprint density at radius 2 is 1.72 bits per heavy atom. The number of sulfonamides is 1. The first-order chi connectivity index (χ1) is 20.7. The fourth-order valence-corrected chi connectivity index (χ4v) is 7.51. The molecular weight excluding hydrogens is 576 g/mol. The van der Waals surface area contributed by atoms with E-state index in [4.69, 9.17) is 18.7 Å². The monoisotopic (exact) mass is 608 g/mol. The molecule has 43 heavy (non-hydrogen) atoms. The van der Waals surface area contributed by atoms with Gasteiger partial charge in [-0.15, -0.1) is 0 Å². The highest BCUT2D eigenvalue weighted by molar-refractivity contribution is 7.93. The molecule has 1 aliphatic heterocycles. The molecule has 2 saturated carbocycles. The van der Waals surface area contributed by atoms with Gasteiger partial charge in [-0.2, -0.15) is 5.10 Å². The van der Waals surface area contributed by atoms with Crippen LogP contribution in [-0.2, 0) is 14.8 Å². The summed E-state index contributed by atoms with van der Waals surface area (Å²) in [5.41, 5.74) is 2.30. The SMILES string of the molecule is COc1cc2c(NS(=O)(=O)c3c(OC)cc(N4C(=O)CCC45CCC5)cc3OC)noc2cc1Nc1cc(C2CC2)[nH]n1. The summed E-state index contributed by atoms with van der Waals surface area (Å²) >= 11 is 0. The molecule has 2 aromatic carbocycles. The Morgan fingerprint density at radius 3 is 2.35 bits per heavy atom. The zero-order valence-corrected chi connectivity index (χ0v) is 24.8. The number of aromatic nitrogens is 3. The molecule has 4 aromatic rings. The van der Waals surface area contributed by atoms with Gasteiger partial charge in [-0.25, -0.2) is 8.42 Å². The number of hydrogen-bond donors (Lipinski definition) is 3. The Morgan fingerprint density at radius 1 is 1.00 bits per heavy atom. The summed E-state index contributed by atoms with van der Waals surface area (Å²) in [5.74, 6) is 1.63. The van der Waals surface area contributed by atoms with Crippen LogP contribution < -0.4 is 29.1 Å². The molecule has 3 aliphatic rings. The smallest absolute Gasteiger partial charge is 0.270 e. The van der Waals surface area contributed by atoms with Crippen molar-refractivity contribution in [3.63, 3.8) is 0 Å². The predicted octanol–water partition coefficient (Wildman–Crippen LogP) is 5.05. The lowest BCUT2D eigenvalue weighted by molar-refractivity contribution is -0.117. The first kappa shape index (κ1) is 27.4. The maximum absolute atomic E-state index is 13.8. The highest BCUT2D eigenvalue weighted by Crippen LogP contribution is 2.50. The number of ether oxygens (including phenoxy) is 3. The quantitative estimate of drug-likeness (QED) is 0.222. The van der Waals surface area contributed by atoms with Crippen molar-refractivity contribution in [3.05, 3.63) is 36.0 Å². The van der Waals surface area contributed by atoms with E-state index >= 15 is 0 Å². The third kappa shape index (κ3) is 4.60. The number of hydrogen-bond acceptors (Lipinski definition) is 10. The number of rotatable bonds is 10. The van der Waals surface area contributed by atoms with Crippen molar-refractivity contribution >= 4 is 49.9 Å². The van der Waals surface area contributed by atoms with Gasteiger partial charge in [0.05, 0.1) is 38.1 Å². The minimum atomic E-state index is -4.31. The van der Waals surface area contributed by atoms with Crippen molar-refractivity contribution < 1.29 is 31.9 Å². The van der Waals surface area contributed by atoms with Crippen molar-refractivity contribution in [2.45, 2.75) is 61.3 Å². The number of anilines is 4. The number of carbonyl (C=O) groups excluding carboxylic acids is 1. The summed E-state index contributed by atoms with van der Waals surface area (Å²) in [7, 11) is -0.0440. The average molecular weight is 609 g/mol. The molecule has 3 heterocycles. The van der Waals surface area contributed by atoms with E-state index in [0.29, 0.717) is 46.3 Å². The standard InChI is InChI=1S/C29H32N6O7S/c1-39-22-13-18-21(14-20(22)30-25-15-19(31-32-25)16-5-6-16)42-33-28(18)34-43(37,38)27-23(40-2)11-17(12-24(27)41-3)35-26(36)7-10-29(35)8-4-9-29/h11-16H,4-10H2,1-3H3,(H,33,34)(H2,30,31,32). The van der Waals surface area contributed by atoms with Crippen molar-refractivity contribution in [2.24, 2.45) is 0 Å². The number of methoxy groups -OCH3 is 3. The lowest BCUT2D eigenvalue weighted by Gasteiger charge is -2.45. The number of fused-ring (bicyclic) bond motifs is 1. The molecule has 1 amide bonds. The second-order valence-corrected chi connectivity index (χ2v) is 12.9. The number of carbonyl (C=O) groups is 1. The molecule has 1 saturated heterocycles. The molecule has 2 aromatic heterocycles. The van der Waals surface area contributed by atoms with E-state index in [1.165, 1.54) is 21.3 Å². The fourth-order valence-electron chi connectivity index (χ4n) is 6.19. The summed E-state index contributed by atoms with van der Waals surface area (Å²) in [6, 6.07) is 8.41. The summed E-state index contributed by atoms with van der Waals surface area (Å²) in [5, 5.41) is 15.0. The third-order valence-corrected chi connectivity index (χ3v) is 10.1. The van der Waals surface area contributed by atoms with Gasteiger partial charge in [-0.3, -0.25) is 14.6 Å². The summed E-state index contributed by atoms with van der Waals surface area (Å²) in [6.45, 7) is 0. The number of benzene rings is 2. The van der Waals surface area contributed by atoms with Gasteiger partial charge in [0.1, 0.15) is 17.2 Å². The average Bonchev–Trinajstić information content (AvgIpc) is 3.44. The number of nitrogens with one attached hydrogen (secondary N) is 3. The van der Waals surface area contributed by atoms with E-state index in [1.54, 1.807) is 29.2 Å². The molecule has 14 heteroatoms. The van der Waals surface area contributed by atoms with Crippen LogP contribution in [0.4, 0.5) is 23.0 Å². The Labute approximate surface area is 247 Å². The van der Waals surface area contributed by atoms with Gasteiger partial charge in [0.15, 0.2) is 22.1 Å². The Kier molecular flexibility index (Phi) is 6.41. The van der Waals surface area contributed by atoms with Crippen LogP contribution in [0, 0.1) is 0 Å². The Balaban J connectivity index is 1.21. The molecule has 7 rings (SSSR count). The maximum Gasteiger partial charge on any atom is 0.270 e. The molecule has 0 unspecified atom stereocenters. The van der Waals surface area contributed by atoms with E-state index in [9.17, 15) is 13.2 Å². The zero-order chi connectivity index (χ0) is 29.9. The summed E-state index contributed by atoms with van der Waals surface area (Å²) in [6.07, 6.45) is 6.40. The Hall–Kier alpha value is -4.46. The molecule has 0 atom stereocenters. The normalized spacial score (nSPS) is 17.7. The molecule has 1 spiro atoms. The lowest BCUT2D eigenvalue weighted by atomic mass is 9.74. The minimum Gasteiger partial charge on any atom is -0.495 e. The Bertz CT molecular complexity index is 1820. The molecule has 0 bridgehead atoms. The largest absolute Gasteiger partial charge is 0.495 e. The van der Waals surface area contributed by atoms with Gasteiger partial charge in [0.25, 0.3) is 10.0 Å². The van der Waals surface area contributed by atoms with E-state index < -0.39 is 10.0 Å². The molecule has 13 nitrogen and oxygen atoms in total. The van der Waals surface area contributed by atoms with E-state index in [1.807, 2.05) is 6.07 Å². The third-order valence-electron chi connectivity index (χ3n) is 8.69. The highest BCUT2D eigenvalue weighted by Gasteiger charge is 2.50. The number of H-pyrrole nitrogens is 1. The fraction of sp³-hybridized carbons (Fsp3) is 0.414. The minimum absolute atomic E-state index is 0.00468. The van der Waals surface area contributed by atoms with Crippen LogP contribution >= 0.6 is 0 Å². The van der Waals surface area contributed by atoms with Gasteiger partial charge < -0.3 is 29.0 Å². The first-order valence-electron chi connectivity index (χ1n) is 14.2. The van der Waals surface area contributed by atoms with Crippen LogP contribution in [0.2, 0.25) is 0 Å². The van der Waals surface area contributed by atoms with Crippen molar-refractivity contribution in [1.82, 2.24) is 15.4 Å². The lowest BCUT2D eigenvalue weighted by Crippen LogP contribution is -2.51. The van der Waals surface area contributed by atoms with E-state index in [-0.39, 0.29) is 33.7 Å². The second kappa shape index (κ2) is 10.1.